The van der Waals surface area contributed by atoms with E-state index in [4.69, 9.17) is 5.26 Å². The molecule has 1 N–H and O–H groups in total. The molecule has 0 aromatic carbocycles. The van der Waals surface area contributed by atoms with Gasteiger partial charge in [0.15, 0.2) is 0 Å². The minimum Gasteiger partial charge on any atom is -0.344 e. The zero-order valence-corrected chi connectivity index (χ0v) is 11.2. The summed E-state index contributed by atoms with van der Waals surface area (Å²) in [5.74, 6) is -0.598. The SMILES string of the molecule is CCN(C)C(=O)C(C)NC(=O)c1ccc(C#N)cn1. The molecule has 1 atom stereocenters. The van der Waals surface area contributed by atoms with Crippen LogP contribution in [0.1, 0.15) is 29.9 Å². The number of likely N-dealkylation sites (N-methyl/N-ethyl adjacent to an activating group) is 1. The molecular formula is C13H16N4O2. The molecule has 0 saturated heterocycles. The predicted octanol–water partition coefficient (Wildman–Crippen LogP) is 0.550. The Morgan fingerprint density at radius 2 is 2.21 bits per heavy atom. The Balaban J connectivity index is 2.69. The molecule has 0 spiro atoms. The monoisotopic (exact) mass is 260 g/mol. The lowest BCUT2D eigenvalue weighted by Gasteiger charge is -2.20. The first-order valence-corrected chi connectivity index (χ1v) is 5.91. The van der Waals surface area contributed by atoms with Crippen LogP contribution in [-0.2, 0) is 4.79 Å². The fourth-order valence-corrected chi connectivity index (χ4v) is 1.41. The van der Waals surface area contributed by atoms with Gasteiger partial charge in [-0.1, -0.05) is 0 Å². The number of carbonyl (C=O) groups excluding carboxylic acids is 2. The smallest absolute Gasteiger partial charge is 0.270 e. The van der Waals surface area contributed by atoms with Gasteiger partial charge < -0.3 is 10.2 Å². The molecule has 1 heterocycles. The van der Waals surface area contributed by atoms with Crippen LogP contribution in [-0.4, -0.2) is 41.3 Å². The van der Waals surface area contributed by atoms with Gasteiger partial charge in [-0.25, -0.2) is 4.98 Å². The van der Waals surface area contributed by atoms with Crippen molar-refractivity contribution in [3.8, 4) is 6.07 Å². The quantitative estimate of drug-likeness (QED) is 0.856. The molecule has 0 fully saturated rings. The topological polar surface area (TPSA) is 86.1 Å². The van der Waals surface area contributed by atoms with Crippen molar-refractivity contribution in [2.75, 3.05) is 13.6 Å². The molecule has 100 valence electrons. The maximum atomic E-state index is 11.8. The standard InChI is InChI=1S/C13H16N4O2/c1-4-17(3)13(19)9(2)16-12(18)11-6-5-10(7-14)8-15-11/h5-6,8-9H,4H2,1-3H3,(H,16,18). The van der Waals surface area contributed by atoms with Crippen molar-refractivity contribution in [1.29, 1.82) is 5.26 Å². The number of amides is 2. The van der Waals surface area contributed by atoms with E-state index < -0.39 is 11.9 Å². The van der Waals surface area contributed by atoms with Crippen molar-refractivity contribution < 1.29 is 9.59 Å². The summed E-state index contributed by atoms with van der Waals surface area (Å²) in [5.41, 5.74) is 0.559. The lowest BCUT2D eigenvalue weighted by atomic mass is 10.2. The molecule has 0 radical (unpaired) electrons. The Bertz CT molecular complexity index is 504. The van der Waals surface area contributed by atoms with E-state index in [2.05, 4.69) is 10.3 Å². The highest BCUT2D eigenvalue weighted by molar-refractivity contribution is 5.95. The van der Waals surface area contributed by atoms with E-state index >= 15 is 0 Å². The lowest BCUT2D eigenvalue weighted by molar-refractivity contribution is -0.131. The van der Waals surface area contributed by atoms with E-state index in [-0.39, 0.29) is 11.6 Å². The van der Waals surface area contributed by atoms with Crippen LogP contribution in [0.5, 0.6) is 0 Å². The van der Waals surface area contributed by atoms with Gasteiger partial charge in [0, 0.05) is 19.8 Å². The highest BCUT2D eigenvalue weighted by Crippen LogP contribution is 2.00. The van der Waals surface area contributed by atoms with Gasteiger partial charge in [0.05, 0.1) is 5.56 Å². The molecule has 6 heteroatoms. The maximum Gasteiger partial charge on any atom is 0.270 e. The second-order valence-corrected chi connectivity index (χ2v) is 4.09. The predicted molar refractivity (Wildman–Crippen MR) is 69.2 cm³/mol. The second kappa shape index (κ2) is 6.50. The van der Waals surface area contributed by atoms with E-state index in [1.165, 1.54) is 23.2 Å². The van der Waals surface area contributed by atoms with Gasteiger partial charge in [0.2, 0.25) is 5.91 Å². The van der Waals surface area contributed by atoms with Crippen LogP contribution in [0.2, 0.25) is 0 Å². The Hall–Kier alpha value is -2.42. The van der Waals surface area contributed by atoms with Gasteiger partial charge in [-0.15, -0.1) is 0 Å². The van der Waals surface area contributed by atoms with E-state index in [1.54, 1.807) is 14.0 Å². The van der Waals surface area contributed by atoms with Crippen molar-refractivity contribution in [2.45, 2.75) is 19.9 Å². The fraction of sp³-hybridized carbons (Fsp3) is 0.385. The maximum absolute atomic E-state index is 11.8. The summed E-state index contributed by atoms with van der Waals surface area (Å²) in [4.78, 5) is 29.0. The van der Waals surface area contributed by atoms with Crippen LogP contribution >= 0.6 is 0 Å². The van der Waals surface area contributed by atoms with Crippen LogP contribution in [0.4, 0.5) is 0 Å². The number of hydrogen-bond donors (Lipinski definition) is 1. The number of nitrogens with zero attached hydrogens (tertiary/aromatic N) is 3. The number of nitriles is 1. The van der Waals surface area contributed by atoms with Gasteiger partial charge in [-0.2, -0.15) is 5.26 Å². The number of nitrogens with one attached hydrogen (secondary N) is 1. The first-order chi connectivity index (χ1) is 8.99. The van der Waals surface area contributed by atoms with Gasteiger partial charge in [-0.05, 0) is 26.0 Å². The third-order valence-electron chi connectivity index (χ3n) is 2.69. The molecule has 1 aromatic heterocycles. The van der Waals surface area contributed by atoms with Gasteiger partial charge in [0.1, 0.15) is 17.8 Å². The summed E-state index contributed by atoms with van der Waals surface area (Å²) in [6, 6.07) is 4.26. The number of carbonyl (C=O) groups is 2. The molecule has 1 rings (SSSR count). The van der Waals surface area contributed by atoms with Crippen molar-refractivity contribution in [3.05, 3.63) is 29.6 Å². The highest BCUT2D eigenvalue weighted by atomic mass is 16.2. The van der Waals surface area contributed by atoms with Crippen molar-refractivity contribution >= 4 is 11.8 Å². The summed E-state index contributed by atoms with van der Waals surface area (Å²) in [7, 11) is 1.67. The summed E-state index contributed by atoms with van der Waals surface area (Å²) in [6.45, 7) is 4.05. The molecule has 1 aromatic rings. The molecular weight excluding hydrogens is 244 g/mol. The summed E-state index contributed by atoms with van der Waals surface area (Å²) >= 11 is 0. The third-order valence-corrected chi connectivity index (χ3v) is 2.69. The fourth-order valence-electron chi connectivity index (χ4n) is 1.41. The first kappa shape index (κ1) is 14.6. The summed E-state index contributed by atoms with van der Waals surface area (Å²) in [5, 5.41) is 11.2. The van der Waals surface area contributed by atoms with Gasteiger partial charge in [-0.3, -0.25) is 9.59 Å². The average molecular weight is 260 g/mol. The highest BCUT2D eigenvalue weighted by Gasteiger charge is 2.19. The Labute approximate surface area is 112 Å². The Kier molecular flexibility index (Phi) is 5.01. The molecule has 0 saturated carbocycles. The minimum absolute atomic E-state index is 0.163. The molecule has 0 aliphatic heterocycles. The van der Waals surface area contributed by atoms with Crippen molar-refractivity contribution in [1.82, 2.24) is 15.2 Å². The first-order valence-electron chi connectivity index (χ1n) is 5.91. The van der Waals surface area contributed by atoms with E-state index in [0.29, 0.717) is 12.1 Å². The minimum atomic E-state index is -0.616. The number of rotatable bonds is 4. The molecule has 0 aliphatic rings. The van der Waals surface area contributed by atoms with E-state index in [0.717, 1.165) is 0 Å². The normalized spacial score (nSPS) is 11.3. The average Bonchev–Trinajstić information content (AvgIpc) is 2.45. The van der Waals surface area contributed by atoms with E-state index in [9.17, 15) is 9.59 Å². The summed E-state index contributed by atoms with van der Waals surface area (Å²) in [6.07, 6.45) is 1.32. The van der Waals surface area contributed by atoms with Crippen molar-refractivity contribution in [3.63, 3.8) is 0 Å². The van der Waals surface area contributed by atoms with E-state index in [1.807, 2.05) is 13.0 Å². The van der Waals surface area contributed by atoms with Gasteiger partial charge in [0.25, 0.3) is 5.91 Å². The zero-order chi connectivity index (χ0) is 14.4. The van der Waals surface area contributed by atoms with Crippen LogP contribution in [0.15, 0.2) is 18.3 Å². The second-order valence-electron chi connectivity index (χ2n) is 4.09. The molecule has 0 bridgehead atoms. The largest absolute Gasteiger partial charge is 0.344 e. The van der Waals surface area contributed by atoms with Crippen LogP contribution in [0.25, 0.3) is 0 Å². The zero-order valence-electron chi connectivity index (χ0n) is 11.2. The third kappa shape index (κ3) is 3.78. The summed E-state index contributed by atoms with van der Waals surface area (Å²) < 4.78 is 0. The van der Waals surface area contributed by atoms with Crippen molar-refractivity contribution in [2.24, 2.45) is 0 Å². The molecule has 0 aliphatic carbocycles. The van der Waals surface area contributed by atoms with Crippen LogP contribution < -0.4 is 5.32 Å². The van der Waals surface area contributed by atoms with Crippen LogP contribution in [0.3, 0.4) is 0 Å². The number of pyridine rings is 1. The van der Waals surface area contributed by atoms with Crippen LogP contribution in [0, 0.1) is 11.3 Å². The lowest BCUT2D eigenvalue weighted by Crippen LogP contribution is -2.45. The Morgan fingerprint density at radius 1 is 1.53 bits per heavy atom. The number of hydrogen-bond acceptors (Lipinski definition) is 4. The molecule has 2 amide bonds. The molecule has 6 nitrogen and oxygen atoms in total. The Morgan fingerprint density at radius 3 is 2.68 bits per heavy atom. The number of aromatic nitrogens is 1. The van der Waals surface area contributed by atoms with Gasteiger partial charge >= 0.3 is 0 Å². The molecule has 19 heavy (non-hydrogen) atoms. The molecule has 1 unspecified atom stereocenters.